The van der Waals surface area contributed by atoms with Crippen molar-refractivity contribution in [2.75, 3.05) is 6.54 Å². The Morgan fingerprint density at radius 2 is 2.00 bits per heavy atom. The third-order valence-corrected chi connectivity index (χ3v) is 6.93. The molecule has 3 rings (SSSR count). The summed E-state index contributed by atoms with van der Waals surface area (Å²) in [5.74, 6) is -1.26. The van der Waals surface area contributed by atoms with Gasteiger partial charge >= 0.3 is 5.76 Å². The maximum atomic E-state index is 13.0. The van der Waals surface area contributed by atoms with Crippen LogP contribution in [0.5, 0.6) is 0 Å². The molecule has 3 aromatic rings. The number of para-hydroxylation sites is 2. The minimum absolute atomic E-state index is 0.0134. The highest BCUT2D eigenvalue weighted by molar-refractivity contribution is 7.89. The van der Waals surface area contributed by atoms with E-state index < -0.39 is 21.7 Å². The Labute approximate surface area is 166 Å². The number of hydrogen-bond acceptors (Lipinski definition) is 6. The number of fused-ring (bicyclic) bond motifs is 1. The van der Waals surface area contributed by atoms with Gasteiger partial charge in [-0.25, -0.2) is 17.5 Å². The van der Waals surface area contributed by atoms with Crippen molar-refractivity contribution in [1.82, 2.24) is 18.7 Å². The monoisotopic (exact) mass is 426 g/mol. The highest BCUT2D eigenvalue weighted by Crippen LogP contribution is 2.27. The summed E-state index contributed by atoms with van der Waals surface area (Å²) in [5, 5.41) is 3.93. The first kappa shape index (κ1) is 20.2. The van der Waals surface area contributed by atoms with Crippen LogP contribution in [-0.4, -0.2) is 39.5 Å². The molecule has 0 atom stereocenters. The molecular formula is C17H19ClN4O5S. The van der Waals surface area contributed by atoms with Gasteiger partial charge in [-0.3, -0.25) is 14.0 Å². The van der Waals surface area contributed by atoms with Crippen molar-refractivity contribution < 1.29 is 17.6 Å². The van der Waals surface area contributed by atoms with E-state index in [0.29, 0.717) is 11.1 Å². The second-order valence-corrected chi connectivity index (χ2v) is 8.29. The molecule has 0 unspecified atom stereocenters. The second-order valence-electron chi connectivity index (χ2n) is 6.13. The summed E-state index contributed by atoms with van der Waals surface area (Å²) in [6, 6.07) is 6.81. The van der Waals surface area contributed by atoms with Crippen molar-refractivity contribution in [2.24, 2.45) is 7.05 Å². The Kier molecular flexibility index (Phi) is 5.35. The summed E-state index contributed by atoms with van der Waals surface area (Å²) in [5.41, 5.74) is 1.14. The van der Waals surface area contributed by atoms with Gasteiger partial charge < -0.3 is 4.42 Å². The fourth-order valence-electron chi connectivity index (χ4n) is 3.05. The average molecular weight is 427 g/mol. The molecule has 28 heavy (non-hydrogen) atoms. The zero-order chi connectivity index (χ0) is 20.6. The molecule has 2 aromatic heterocycles. The number of nitrogens with zero attached hydrogens (tertiary/aromatic N) is 4. The second kappa shape index (κ2) is 7.44. The van der Waals surface area contributed by atoms with Gasteiger partial charge in [0.2, 0.25) is 5.91 Å². The van der Waals surface area contributed by atoms with Gasteiger partial charge in [0.1, 0.15) is 10.0 Å². The molecule has 1 aromatic carbocycles. The lowest BCUT2D eigenvalue weighted by Crippen LogP contribution is -2.37. The first-order valence-electron chi connectivity index (χ1n) is 8.51. The quantitative estimate of drug-likeness (QED) is 0.595. The third kappa shape index (κ3) is 3.33. The zero-order valence-corrected chi connectivity index (χ0v) is 17.1. The topological polar surface area (TPSA) is 107 Å². The Bertz CT molecular complexity index is 1210. The molecule has 0 aliphatic carbocycles. The third-order valence-electron chi connectivity index (χ3n) is 4.34. The summed E-state index contributed by atoms with van der Waals surface area (Å²) in [6.45, 7) is 2.97. The smallest absolute Gasteiger partial charge is 0.408 e. The Morgan fingerprint density at radius 1 is 1.32 bits per heavy atom. The molecule has 0 saturated carbocycles. The number of sulfonamides is 1. The minimum Gasteiger partial charge on any atom is -0.408 e. The van der Waals surface area contributed by atoms with Crippen molar-refractivity contribution in [1.29, 1.82) is 0 Å². The molecule has 0 radical (unpaired) electrons. The van der Waals surface area contributed by atoms with E-state index in [1.165, 1.54) is 23.2 Å². The summed E-state index contributed by atoms with van der Waals surface area (Å²) in [6.07, 6.45) is -0.201. The number of aromatic nitrogens is 3. The molecule has 0 fully saturated rings. The van der Waals surface area contributed by atoms with Gasteiger partial charge in [0.05, 0.1) is 11.2 Å². The molecule has 0 saturated heterocycles. The van der Waals surface area contributed by atoms with Crippen LogP contribution < -0.4 is 5.76 Å². The molecule has 0 aliphatic heterocycles. The molecule has 11 heteroatoms. The van der Waals surface area contributed by atoms with Gasteiger partial charge in [-0.05, 0) is 26.0 Å². The van der Waals surface area contributed by atoms with Crippen LogP contribution in [0.1, 0.15) is 19.0 Å². The minimum atomic E-state index is -4.18. The van der Waals surface area contributed by atoms with Gasteiger partial charge in [0, 0.05) is 26.6 Å². The van der Waals surface area contributed by atoms with E-state index in [-0.39, 0.29) is 35.3 Å². The van der Waals surface area contributed by atoms with Crippen LogP contribution in [0.3, 0.4) is 0 Å². The largest absolute Gasteiger partial charge is 0.419 e. The maximum absolute atomic E-state index is 13.0. The lowest BCUT2D eigenvalue weighted by Gasteiger charge is -2.20. The number of rotatable bonds is 6. The lowest BCUT2D eigenvalue weighted by atomic mass is 10.3. The molecule has 0 aliphatic rings. The van der Waals surface area contributed by atoms with Gasteiger partial charge in [-0.1, -0.05) is 23.7 Å². The van der Waals surface area contributed by atoms with Gasteiger partial charge in [-0.2, -0.15) is 5.10 Å². The molecule has 1 amide bonds. The molecule has 0 bridgehead atoms. The first-order valence-corrected chi connectivity index (χ1v) is 10.3. The Balaban J connectivity index is 1.88. The van der Waals surface area contributed by atoms with Crippen molar-refractivity contribution in [3.05, 3.63) is 45.7 Å². The van der Waals surface area contributed by atoms with E-state index in [1.807, 2.05) is 0 Å². The number of oxazole rings is 1. The van der Waals surface area contributed by atoms with Crippen LogP contribution in [0.25, 0.3) is 11.1 Å². The van der Waals surface area contributed by atoms with E-state index in [2.05, 4.69) is 5.10 Å². The first-order chi connectivity index (χ1) is 13.2. The van der Waals surface area contributed by atoms with Crippen LogP contribution in [0.15, 0.2) is 38.4 Å². The van der Waals surface area contributed by atoms with E-state index in [4.69, 9.17) is 16.0 Å². The summed E-state index contributed by atoms with van der Waals surface area (Å²) >= 11 is 6.07. The van der Waals surface area contributed by atoms with E-state index in [0.717, 1.165) is 4.31 Å². The van der Waals surface area contributed by atoms with Crippen LogP contribution in [0.4, 0.5) is 0 Å². The Hall–Kier alpha value is -2.59. The predicted octanol–water partition coefficient (Wildman–Crippen LogP) is 1.92. The fraction of sp³-hybridized carbons (Fsp3) is 0.353. The summed E-state index contributed by atoms with van der Waals surface area (Å²) < 4.78 is 34.4. The lowest BCUT2D eigenvalue weighted by molar-refractivity contribution is -0.126. The average Bonchev–Trinajstić information content (AvgIpc) is 3.08. The number of benzene rings is 1. The van der Waals surface area contributed by atoms with E-state index in [9.17, 15) is 18.0 Å². The number of carbonyl (C=O) groups excluding carboxylic acids is 1. The zero-order valence-electron chi connectivity index (χ0n) is 15.5. The number of amides is 1. The van der Waals surface area contributed by atoms with Crippen molar-refractivity contribution in [3.8, 4) is 0 Å². The molecular weight excluding hydrogens is 408 g/mol. The number of halogens is 1. The van der Waals surface area contributed by atoms with Gasteiger partial charge in [-0.15, -0.1) is 0 Å². The number of hydrogen-bond donors (Lipinski definition) is 0. The highest BCUT2D eigenvalue weighted by atomic mass is 35.5. The van der Waals surface area contributed by atoms with Gasteiger partial charge in [0.25, 0.3) is 10.0 Å². The molecule has 9 nitrogen and oxygen atoms in total. The van der Waals surface area contributed by atoms with Crippen LogP contribution in [0, 0.1) is 6.92 Å². The molecule has 2 heterocycles. The normalized spacial score (nSPS) is 11.9. The van der Waals surface area contributed by atoms with Gasteiger partial charge in [0.15, 0.2) is 5.58 Å². The van der Waals surface area contributed by atoms with E-state index in [1.54, 1.807) is 31.2 Å². The maximum Gasteiger partial charge on any atom is 0.419 e. The summed E-state index contributed by atoms with van der Waals surface area (Å²) in [4.78, 5) is 24.5. The van der Waals surface area contributed by atoms with Crippen LogP contribution in [-0.2, 0) is 28.4 Å². The molecule has 0 spiro atoms. The fourth-order valence-corrected chi connectivity index (χ4v) is 5.20. The predicted molar refractivity (Wildman–Crippen MR) is 103 cm³/mol. The summed E-state index contributed by atoms with van der Waals surface area (Å²) in [7, 11) is -2.66. The standard InChI is InChI=1S/C17H19ClN4O5S/c1-4-22(28(25,26)15-11(2)19-20(3)16(15)18)14(23)9-10-21-12-7-5-6-8-13(12)27-17(21)24/h5-8H,4,9-10H2,1-3H3. The van der Waals surface area contributed by atoms with Crippen molar-refractivity contribution in [3.63, 3.8) is 0 Å². The number of aryl methyl sites for hydroxylation is 3. The molecule has 150 valence electrons. The van der Waals surface area contributed by atoms with Crippen LogP contribution in [0.2, 0.25) is 5.15 Å². The molecule has 0 N–H and O–H groups in total. The van der Waals surface area contributed by atoms with Crippen LogP contribution >= 0.6 is 11.6 Å². The highest BCUT2D eigenvalue weighted by Gasteiger charge is 2.33. The van der Waals surface area contributed by atoms with E-state index >= 15 is 0 Å². The van der Waals surface area contributed by atoms with Crippen molar-refractivity contribution in [2.45, 2.75) is 31.7 Å². The Morgan fingerprint density at radius 3 is 2.61 bits per heavy atom. The van der Waals surface area contributed by atoms with Crippen molar-refractivity contribution >= 4 is 38.6 Å². The SMILES string of the molecule is CCN(C(=O)CCn1c(=O)oc2ccccc21)S(=O)(=O)c1c(C)nn(C)c1Cl. The number of carbonyl (C=O) groups is 1.